The predicted molar refractivity (Wildman–Crippen MR) is 34.5 cm³/mol. The summed E-state index contributed by atoms with van der Waals surface area (Å²) >= 11 is 0. The van der Waals surface area contributed by atoms with Crippen LogP contribution in [0, 0.1) is 0 Å². The normalized spacial score (nSPS) is 11.2. The average Bonchev–Trinajstić information content (AvgIpc) is 1.83. The summed E-state index contributed by atoms with van der Waals surface area (Å²) in [6.07, 6.45) is -5.24. The molecule has 7 heteroatoms. The molecule has 0 fully saturated rings. The van der Waals surface area contributed by atoms with Gasteiger partial charge in [0.1, 0.15) is 6.61 Å². The molecule has 3 N–H and O–H groups in total. The summed E-state index contributed by atoms with van der Waals surface area (Å²) in [5.74, 6) is 0. The van der Waals surface area contributed by atoms with E-state index in [1.807, 2.05) is 5.32 Å². The van der Waals surface area contributed by atoms with Gasteiger partial charge in [-0.3, -0.25) is 0 Å². The number of alkyl halides is 3. The van der Waals surface area contributed by atoms with Gasteiger partial charge in [0, 0.05) is 6.54 Å². The lowest BCUT2D eigenvalue weighted by Gasteiger charge is -2.07. The fourth-order valence-electron chi connectivity index (χ4n) is 0.454. The van der Waals surface area contributed by atoms with E-state index in [1.54, 1.807) is 0 Å². The van der Waals surface area contributed by atoms with Gasteiger partial charge in [0.25, 0.3) is 0 Å². The van der Waals surface area contributed by atoms with Gasteiger partial charge in [-0.15, -0.1) is 0 Å². The van der Waals surface area contributed by atoms with Gasteiger partial charge < -0.3 is 15.8 Å². The molecule has 0 aromatic rings. The van der Waals surface area contributed by atoms with E-state index in [1.165, 1.54) is 0 Å². The lowest BCUT2D eigenvalue weighted by Crippen LogP contribution is -2.32. The summed E-state index contributed by atoms with van der Waals surface area (Å²) in [7, 11) is 0. The summed E-state index contributed by atoms with van der Waals surface area (Å²) in [6, 6.07) is 0. The number of hydrogen-bond donors (Lipinski definition) is 2. The Morgan fingerprint density at radius 3 is 2.50 bits per heavy atom. The Balaban J connectivity index is 3.17. The molecule has 4 nitrogen and oxygen atoms in total. The highest BCUT2D eigenvalue weighted by molar-refractivity contribution is 5.64. The predicted octanol–water partition coefficient (Wildman–Crippen LogP) is 0.234. The van der Waals surface area contributed by atoms with Crippen LogP contribution in [0.4, 0.5) is 18.0 Å². The summed E-state index contributed by atoms with van der Waals surface area (Å²) in [4.78, 5) is 9.91. The van der Waals surface area contributed by atoms with Gasteiger partial charge in [0.15, 0.2) is 0 Å². The second-order valence-electron chi connectivity index (χ2n) is 1.96. The highest BCUT2D eigenvalue weighted by Crippen LogP contribution is 2.11. The maximum atomic E-state index is 11.4. The van der Waals surface area contributed by atoms with Gasteiger partial charge in [0.05, 0.1) is 6.54 Å². The van der Waals surface area contributed by atoms with Crippen LogP contribution in [0.2, 0.25) is 0 Å². The lowest BCUT2D eigenvalue weighted by molar-refractivity contribution is -0.124. The lowest BCUT2D eigenvalue weighted by atomic mass is 10.6. The molecule has 0 unspecified atom stereocenters. The van der Waals surface area contributed by atoms with Crippen LogP contribution >= 0.6 is 0 Å². The minimum Gasteiger partial charge on any atom is -0.448 e. The van der Waals surface area contributed by atoms with Crippen molar-refractivity contribution < 1.29 is 22.7 Å². The molecule has 1 amide bonds. The number of hydrogen-bond acceptors (Lipinski definition) is 3. The number of ether oxygens (including phenoxy) is 1. The summed E-state index contributed by atoms with van der Waals surface area (Å²) in [5.41, 5.74) is 4.55. The molecule has 12 heavy (non-hydrogen) atoms. The number of rotatable bonds is 4. The number of primary amides is 1. The first-order chi connectivity index (χ1) is 5.42. The molecular formula is C5H9F3N2O2. The van der Waals surface area contributed by atoms with Crippen LogP contribution in [0.15, 0.2) is 0 Å². The Labute approximate surface area is 66.9 Å². The Morgan fingerprint density at radius 1 is 1.50 bits per heavy atom. The van der Waals surface area contributed by atoms with Crippen molar-refractivity contribution in [3.05, 3.63) is 0 Å². The third-order valence-electron chi connectivity index (χ3n) is 0.849. The van der Waals surface area contributed by atoms with Crippen molar-refractivity contribution >= 4 is 6.09 Å². The van der Waals surface area contributed by atoms with Gasteiger partial charge in [-0.1, -0.05) is 0 Å². The van der Waals surface area contributed by atoms with Gasteiger partial charge in [-0.25, -0.2) is 4.79 Å². The number of nitrogens with two attached hydrogens (primary N) is 1. The van der Waals surface area contributed by atoms with E-state index in [2.05, 4.69) is 10.5 Å². The van der Waals surface area contributed by atoms with Crippen molar-refractivity contribution in [2.45, 2.75) is 6.18 Å². The molecular weight excluding hydrogens is 177 g/mol. The zero-order valence-corrected chi connectivity index (χ0v) is 6.15. The van der Waals surface area contributed by atoms with Gasteiger partial charge in [0.2, 0.25) is 0 Å². The highest BCUT2D eigenvalue weighted by atomic mass is 19.4. The SMILES string of the molecule is NC(=O)OCCNCC(F)(F)F. The number of carbonyl (C=O) groups excluding carboxylic acids is 1. The van der Waals surface area contributed by atoms with Crippen LogP contribution in [-0.4, -0.2) is 32.0 Å². The first-order valence-corrected chi connectivity index (χ1v) is 3.11. The van der Waals surface area contributed by atoms with Crippen molar-refractivity contribution in [2.24, 2.45) is 5.73 Å². The van der Waals surface area contributed by atoms with Crippen molar-refractivity contribution in [2.75, 3.05) is 19.7 Å². The highest BCUT2D eigenvalue weighted by Gasteiger charge is 2.25. The fraction of sp³-hybridized carbons (Fsp3) is 0.800. The van der Waals surface area contributed by atoms with E-state index in [9.17, 15) is 18.0 Å². The third kappa shape index (κ3) is 9.02. The molecule has 0 aliphatic rings. The molecule has 0 spiro atoms. The maximum absolute atomic E-state index is 11.4. The largest absolute Gasteiger partial charge is 0.448 e. The monoisotopic (exact) mass is 186 g/mol. The standard InChI is InChI=1S/C5H9F3N2O2/c6-5(7,8)3-10-1-2-12-4(9)11/h10H,1-3H2,(H2,9,11). The quantitative estimate of drug-likeness (QED) is 0.618. The second-order valence-corrected chi connectivity index (χ2v) is 1.96. The zero-order valence-electron chi connectivity index (χ0n) is 6.15. The molecule has 0 bridgehead atoms. The average molecular weight is 186 g/mol. The summed E-state index contributed by atoms with van der Waals surface area (Å²) < 4.78 is 38.5. The molecule has 0 aromatic carbocycles. The first kappa shape index (κ1) is 11.0. The number of amides is 1. The third-order valence-corrected chi connectivity index (χ3v) is 0.849. The van der Waals surface area contributed by atoms with E-state index >= 15 is 0 Å². The molecule has 72 valence electrons. The van der Waals surface area contributed by atoms with Crippen LogP contribution in [-0.2, 0) is 4.74 Å². The molecule has 0 aliphatic carbocycles. The van der Waals surface area contributed by atoms with Gasteiger partial charge in [-0.05, 0) is 0 Å². The van der Waals surface area contributed by atoms with Crippen LogP contribution in [0.25, 0.3) is 0 Å². The molecule has 0 heterocycles. The summed E-state index contributed by atoms with van der Waals surface area (Å²) in [6.45, 7) is -1.33. The van der Waals surface area contributed by atoms with Gasteiger partial charge in [-0.2, -0.15) is 13.2 Å². The minimum absolute atomic E-state index is 0.0670. The maximum Gasteiger partial charge on any atom is 0.404 e. The molecule has 0 aliphatic heterocycles. The second kappa shape index (κ2) is 4.81. The van der Waals surface area contributed by atoms with Crippen LogP contribution in [0.1, 0.15) is 0 Å². The van der Waals surface area contributed by atoms with E-state index in [0.29, 0.717) is 0 Å². The molecule has 0 saturated heterocycles. The van der Waals surface area contributed by atoms with Crippen molar-refractivity contribution in [1.82, 2.24) is 5.32 Å². The Hall–Kier alpha value is -0.980. The Bertz CT molecular complexity index is 148. The number of halogens is 3. The first-order valence-electron chi connectivity index (χ1n) is 3.11. The molecule has 0 atom stereocenters. The van der Waals surface area contributed by atoms with Crippen LogP contribution in [0.3, 0.4) is 0 Å². The molecule has 0 saturated carbocycles. The van der Waals surface area contributed by atoms with Crippen molar-refractivity contribution in [1.29, 1.82) is 0 Å². The van der Waals surface area contributed by atoms with E-state index < -0.39 is 18.8 Å². The number of carbonyl (C=O) groups is 1. The summed E-state index contributed by atoms with van der Waals surface area (Å²) in [5, 5.41) is 2.02. The number of nitrogens with one attached hydrogen (secondary N) is 1. The zero-order chi connectivity index (χ0) is 9.61. The minimum atomic E-state index is -4.24. The molecule has 0 rings (SSSR count). The Morgan fingerprint density at radius 2 is 2.08 bits per heavy atom. The van der Waals surface area contributed by atoms with Crippen LogP contribution < -0.4 is 11.1 Å². The van der Waals surface area contributed by atoms with Crippen LogP contribution in [0.5, 0.6) is 0 Å². The smallest absolute Gasteiger partial charge is 0.404 e. The Kier molecular flexibility index (Phi) is 4.42. The fourth-order valence-corrected chi connectivity index (χ4v) is 0.454. The van der Waals surface area contributed by atoms with Gasteiger partial charge >= 0.3 is 12.3 Å². The molecule has 0 aromatic heterocycles. The molecule has 0 radical (unpaired) electrons. The van der Waals surface area contributed by atoms with E-state index in [4.69, 9.17) is 0 Å². The van der Waals surface area contributed by atoms with E-state index in [-0.39, 0.29) is 13.2 Å². The topological polar surface area (TPSA) is 64.4 Å². The van der Waals surface area contributed by atoms with E-state index in [0.717, 1.165) is 0 Å². The van der Waals surface area contributed by atoms with Crippen molar-refractivity contribution in [3.8, 4) is 0 Å². The van der Waals surface area contributed by atoms with Crippen molar-refractivity contribution in [3.63, 3.8) is 0 Å².